The molecule has 0 fully saturated rings. The number of nitrogens with one attached hydrogen (secondary N) is 1. The zero-order chi connectivity index (χ0) is 14.7. The van der Waals surface area contributed by atoms with E-state index >= 15 is 0 Å². The van der Waals surface area contributed by atoms with E-state index in [1.165, 1.54) is 11.1 Å². The number of anilines is 1. The summed E-state index contributed by atoms with van der Waals surface area (Å²) in [5, 5.41) is 4.42. The van der Waals surface area contributed by atoms with Crippen molar-refractivity contribution in [3.05, 3.63) is 58.6 Å². The molecule has 0 amide bonds. The van der Waals surface area contributed by atoms with E-state index in [1.54, 1.807) is 0 Å². The molecule has 0 heterocycles. The zero-order valence-electron chi connectivity index (χ0n) is 12.2. The highest BCUT2D eigenvalue weighted by molar-refractivity contribution is 6.30. The monoisotopic (exact) mass is 301 g/mol. The maximum Gasteiger partial charge on any atom is 0.119 e. The molecule has 3 heteroatoms. The molecule has 3 rings (SSSR count). The average Bonchev–Trinajstić information content (AvgIpc) is 2.88. The van der Waals surface area contributed by atoms with Gasteiger partial charge in [-0.25, -0.2) is 0 Å². The molecule has 0 aromatic heterocycles. The van der Waals surface area contributed by atoms with Gasteiger partial charge in [0.15, 0.2) is 0 Å². The summed E-state index contributed by atoms with van der Waals surface area (Å²) in [5.41, 5.74) is 3.91. The fourth-order valence-electron chi connectivity index (χ4n) is 2.79. The Labute approximate surface area is 131 Å². The van der Waals surface area contributed by atoms with E-state index in [4.69, 9.17) is 16.3 Å². The first-order chi connectivity index (χ1) is 10.2. The highest BCUT2D eigenvalue weighted by Gasteiger charge is 2.21. The first kappa shape index (κ1) is 14.3. The molecule has 0 saturated carbocycles. The molecule has 21 heavy (non-hydrogen) atoms. The predicted octanol–water partition coefficient (Wildman–Crippen LogP) is 4.71. The van der Waals surface area contributed by atoms with E-state index in [0.29, 0.717) is 6.04 Å². The zero-order valence-corrected chi connectivity index (χ0v) is 13.0. The number of halogens is 1. The molecule has 2 nitrogen and oxygen atoms in total. The summed E-state index contributed by atoms with van der Waals surface area (Å²) in [7, 11) is 0. The van der Waals surface area contributed by atoms with Gasteiger partial charge in [-0.15, -0.1) is 0 Å². The minimum Gasteiger partial charge on any atom is -0.494 e. The number of ether oxygens (including phenoxy) is 1. The first-order valence-electron chi connectivity index (χ1n) is 7.51. The van der Waals surface area contributed by atoms with Crippen LogP contribution in [0.4, 0.5) is 5.69 Å². The van der Waals surface area contributed by atoms with Gasteiger partial charge in [0.25, 0.3) is 0 Å². The van der Waals surface area contributed by atoms with Crippen LogP contribution in [0.3, 0.4) is 0 Å². The van der Waals surface area contributed by atoms with Gasteiger partial charge in [-0.1, -0.05) is 24.6 Å². The molecule has 1 N–H and O–H groups in total. The van der Waals surface area contributed by atoms with Gasteiger partial charge in [0, 0.05) is 16.8 Å². The average molecular weight is 302 g/mol. The van der Waals surface area contributed by atoms with Crippen LogP contribution in [-0.2, 0) is 12.8 Å². The van der Waals surface area contributed by atoms with Crippen LogP contribution >= 0.6 is 11.6 Å². The van der Waals surface area contributed by atoms with Crippen molar-refractivity contribution in [1.82, 2.24) is 0 Å². The molecule has 0 spiro atoms. The Kier molecular flexibility index (Phi) is 4.35. The van der Waals surface area contributed by atoms with Crippen LogP contribution in [0.1, 0.15) is 24.5 Å². The second kappa shape index (κ2) is 6.40. The van der Waals surface area contributed by atoms with Gasteiger partial charge in [-0.2, -0.15) is 0 Å². The fourth-order valence-corrected chi connectivity index (χ4v) is 2.99. The Morgan fingerprint density at radius 3 is 2.62 bits per heavy atom. The van der Waals surface area contributed by atoms with Crippen molar-refractivity contribution < 1.29 is 4.74 Å². The van der Waals surface area contributed by atoms with Gasteiger partial charge in [-0.3, -0.25) is 0 Å². The summed E-state index contributed by atoms with van der Waals surface area (Å²) in [6.07, 6.45) is 3.12. The van der Waals surface area contributed by atoms with Crippen molar-refractivity contribution in [2.24, 2.45) is 0 Å². The van der Waals surface area contributed by atoms with Crippen LogP contribution in [0.2, 0.25) is 5.02 Å². The summed E-state index contributed by atoms with van der Waals surface area (Å²) < 4.78 is 5.60. The summed E-state index contributed by atoms with van der Waals surface area (Å²) in [6, 6.07) is 14.9. The Hall–Kier alpha value is -1.67. The molecule has 2 aromatic carbocycles. The molecule has 0 aliphatic heterocycles. The Balaban J connectivity index is 1.61. The standard InChI is InChI=1S/C18H20ClNO/c1-2-9-21-18-7-5-16(6-8-18)20-17-11-13-3-4-15(19)10-14(13)12-17/h3-8,10,17,20H,2,9,11-12H2,1H3. The normalized spacial score (nSPS) is 16.6. The molecule has 0 radical (unpaired) electrons. The second-order valence-electron chi connectivity index (χ2n) is 5.54. The molecule has 0 bridgehead atoms. The Morgan fingerprint density at radius 1 is 1.10 bits per heavy atom. The number of hydrogen-bond donors (Lipinski definition) is 1. The van der Waals surface area contributed by atoms with Crippen molar-refractivity contribution >= 4 is 17.3 Å². The number of rotatable bonds is 5. The molecular formula is C18H20ClNO. The van der Waals surface area contributed by atoms with Gasteiger partial charge in [0.2, 0.25) is 0 Å². The summed E-state index contributed by atoms with van der Waals surface area (Å²) >= 11 is 6.06. The SMILES string of the molecule is CCCOc1ccc(NC2Cc3ccc(Cl)cc3C2)cc1. The van der Waals surface area contributed by atoms with E-state index in [1.807, 2.05) is 18.2 Å². The van der Waals surface area contributed by atoms with Gasteiger partial charge in [0.05, 0.1) is 6.61 Å². The van der Waals surface area contributed by atoms with Crippen molar-refractivity contribution in [3.8, 4) is 5.75 Å². The van der Waals surface area contributed by atoms with Gasteiger partial charge < -0.3 is 10.1 Å². The van der Waals surface area contributed by atoms with Crippen molar-refractivity contribution in [1.29, 1.82) is 0 Å². The topological polar surface area (TPSA) is 21.3 Å². The lowest BCUT2D eigenvalue weighted by Crippen LogP contribution is -2.19. The van der Waals surface area contributed by atoms with Crippen LogP contribution in [0, 0.1) is 0 Å². The van der Waals surface area contributed by atoms with E-state index in [9.17, 15) is 0 Å². The van der Waals surface area contributed by atoms with Crippen LogP contribution < -0.4 is 10.1 Å². The largest absolute Gasteiger partial charge is 0.494 e. The lowest BCUT2D eigenvalue weighted by atomic mass is 10.1. The number of fused-ring (bicyclic) bond motifs is 1. The van der Waals surface area contributed by atoms with Crippen LogP contribution in [0.15, 0.2) is 42.5 Å². The number of benzene rings is 2. The van der Waals surface area contributed by atoms with Crippen molar-refractivity contribution in [2.75, 3.05) is 11.9 Å². The maximum atomic E-state index is 6.06. The molecule has 1 aliphatic rings. The van der Waals surface area contributed by atoms with E-state index in [0.717, 1.165) is 42.3 Å². The maximum absolute atomic E-state index is 6.06. The van der Waals surface area contributed by atoms with E-state index < -0.39 is 0 Å². The third kappa shape index (κ3) is 3.51. The minimum absolute atomic E-state index is 0.445. The third-order valence-electron chi connectivity index (χ3n) is 3.80. The lowest BCUT2D eigenvalue weighted by molar-refractivity contribution is 0.317. The highest BCUT2D eigenvalue weighted by Crippen LogP contribution is 2.27. The lowest BCUT2D eigenvalue weighted by Gasteiger charge is -2.14. The molecular weight excluding hydrogens is 282 g/mol. The predicted molar refractivity (Wildman–Crippen MR) is 88.5 cm³/mol. The molecule has 2 aromatic rings. The Bertz CT molecular complexity index is 609. The van der Waals surface area contributed by atoms with E-state index in [2.05, 4.69) is 36.5 Å². The summed E-state index contributed by atoms with van der Waals surface area (Å²) in [4.78, 5) is 0. The summed E-state index contributed by atoms with van der Waals surface area (Å²) in [6.45, 7) is 2.88. The molecule has 1 unspecified atom stereocenters. The quantitative estimate of drug-likeness (QED) is 0.863. The highest BCUT2D eigenvalue weighted by atomic mass is 35.5. The number of hydrogen-bond acceptors (Lipinski definition) is 2. The second-order valence-corrected chi connectivity index (χ2v) is 5.97. The minimum atomic E-state index is 0.445. The molecule has 1 aliphatic carbocycles. The molecule has 110 valence electrons. The van der Waals surface area contributed by atoms with Crippen LogP contribution in [-0.4, -0.2) is 12.6 Å². The van der Waals surface area contributed by atoms with Gasteiger partial charge >= 0.3 is 0 Å². The fraction of sp³-hybridized carbons (Fsp3) is 0.333. The molecule has 1 atom stereocenters. The Morgan fingerprint density at radius 2 is 1.86 bits per heavy atom. The molecule has 0 saturated heterocycles. The van der Waals surface area contributed by atoms with Crippen molar-refractivity contribution in [3.63, 3.8) is 0 Å². The smallest absolute Gasteiger partial charge is 0.119 e. The van der Waals surface area contributed by atoms with E-state index in [-0.39, 0.29) is 0 Å². The third-order valence-corrected chi connectivity index (χ3v) is 4.03. The first-order valence-corrected chi connectivity index (χ1v) is 7.89. The van der Waals surface area contributed by atoms with Gasteiger partial charge in [-0.05, 0) is 66.8 Å². The van der Waals surface area contributed by atoms with Crippen molar-refractivity contribution in [2.45, 2.75) is 32.2 Å². The van der Waals surface area contributed by atoms with Gasteiger partial charge in [0.1, 0.15) is 5.75 Å². The van der Waals surface area contributed by atoms with Crippen LogP contribution in [0.5, 0.6) is 5.75 Å². The van der Waals surface area contributed by atoms with Crippen LogP contribution in [0.25, 0.3) is 0 Å². The summed E-state index contributed by atoms with van der Waals surface area (Å²) in [5.74, 6) is 0.934.